The molecule has 2 heterocycles. The third kappa shape index (κ3) is 3.42. The van der Waals surface area contributed by atoms with Crippen molar-refractivity contribution < 1.29 is 13.9 Å². The summed E-state index contributed by atoms with van der Waals surface area (Å²) in [7, 11) is 0. The lowest BCUT2D eigenvalue weighted by Gasteiger charge is -2.15. The predicted octanol–water partition coefficient (Wildman–Crippen LogP) is 4.12. The van der Waals surface area contributed by atoms with Gasteiger partial charge in [0.25, 0.3) is 0 Å². The second kappa shape index (κ2) is 7.48. The summed E-state index contributed by atoms with van der Waals surface area (Å²) in [6, 6.07) is 17.3. The minimum absolute atomic E-state index is 0.298. The number of nitrogens with zero attached hydrogens (tertiary/aromatic N) is 4. The van der Waals surface area contributed by atoms with E-state index in [1.807, 2.05) is 30.3 Å². The minimum Gasteiger partial charge on any atom is -0.453 e. The lowest BCUT2D eigenvalue weighted by Crippen LogP contribution is -2.14. The van der Waals surface area contributed by atoms with Crippen molar-refractivity contribution in [2.45, 2.75) is 13.0 Å². The molecule has 28 heavy (non-hydrogen) atoms. The molecule has 0 unspecified atom stereocenters. The Balaban J connectivity index is 1.53. The van der Waals surface area contributed by atoms with E-state index >= 15 is 0 Å². The van der Waals surface area contributed by atoms with Crippen LogP contribution in [-0.4, -0.2) is 25.5 Å². The molecule has 2 aromatic heterocycles. The summed E-state index contributed by atoms with van der Waals surface area (Å²) in [4.78, 5) is 12.6. The Morgan fingerprint density at radius 3 is 2.57 bits per heavy atom. The average molecular weight is 376 g/mol. The third-order valence-electron chi connectivity index (χ3n) is 4.33. The van der Waals surface area contributed by atoms with Crippen LogP contribution >= 0.6 is 0 Å². The monoisotopic (exact) mass is 376 g/mol. The largest absolute Gasteiger partial charge is 0.453 e. The summed E-state index contributed by atoms with van der Waals surface area (Å²) in [5.41, 5.74) is 1.93. The Bertz CT molecular complexity index is 1090. The van der Waals surface area contributed by atoms with Gasteiger partial charge in [-0.3, -0.25) is 0 Å². The van der Waals surface area contributed by atoms with E-state index in [-0.39, 0.29) is 0 Å². The molecular weight excluding hydrogens is 359 g/mol. The highest BCUT2D eigenvalue weighted by Gasteiger charge is 2.19. The zero-order valence-electron chi connectivity index (χ0n) is 15.1. The first kappa shape index (κ1) is 17.7. The van der Waals surface area contributed by atoms with E-state index < -0.39 is 17.9 Å². The predicted molar refractivity (Wildman–Crippen MR) is 101 cm³/mol. The molecule has 0 aliphatic heterocycles. The van der Waals surface area contributed by atoms with Gasteiger partial charge in [0.15, 0.2) is 5.69 Å². The maximum atomic E-state index is 14.5. The fourth-order valence-corrected chi connectivity index (χ4v) is 2.89. The van der Waals surface area contributed by atoms with Crippen molar-refractivity contribution in [1.29, 1.82) is 0 Å². The number of hydrogen-bond acceptors (Lipinski definition) is 4. The average Bonchev–Trinajstić information content (AvgIpc) is 3.40. The van der Waals surface area contributed by atoms with Gasteiger partial charge in [-0.25, -0.2) is 18.5 Å². The van der Waals surface area contributed by atoms with Crippen LogP contribution < -0.4 is 0 Å². The molecule has 6 nitrogen and oxygen atoms in total. The molecule has 0 aliphatic carbocycles. The van der Waals surface area contributed by atoms with Crippen molar-refractivity contribution >= 4 is 5.97 Å². The van der Waals surface area contributed by atoms with Crippen molar-refractivity contribution in [2.24, 2.45) is 0 Å². The van der Waals surface area contributed by atoms with E-state index in [0.29, 0.717) is 16.9 Å². The van der Waals surface area contributed by atoms with E-state index in [0.717, 1.165) is 5.69 Å². The number of rotatable bonds is 5. The van der Waals surface area contributed by atoms with Gasteiger partial charge in [0.1, 0.15) is 17.6 Å². The molecule has 2 aromatic carbocycles. The molecule has 1 atom stereocenters. The van der Waals surface area contributed by atoms with Gasteiger partial charge < -0.3 is 4.74 Å². The molecule has 0 saturated carbocycles. The number of ether oxygens (including phenoxy) is 1. The van der Waals surface area contributed by atoms with Crippen LogP contribution in [0, 0.1) is 5.82 Å². The molecule has 7 heteroatoms. The van der Waals surface area contributed by atoms with Gasteiger partial charge >= 0.3 is 5.97 Å². The van der Waals surface area contributed by atoms with Crippen LogP contribution in [0.2, 0.25) is 0 Å². The maximum absolute atomic E-state index is 14.5. The molecule has 0 radical (unpaired) electrons. The van der Waals surface area contributed by atoms with Crippen LogP contribution in [0.15, 0.2) is 79.3 Å². The number of halogens is 1. The van der Waals surface area contributed by atoms with Gasteiger partial charge in [-0.05, 0) is 48.9 Å². The molecule has 4 aromatic rings. The van der Waals surface area contributed by atoms with Crippen LogP contribution in [0.5, 0.6) is 0 Å². The molecular formula is C21H17FN4O2. The molecule has 0 bridgehead atoms. The topological polar surface area (TPSA) is 61.9 Å². The second-order valence-electron chi connectivity index (χ2n) is 6.17. The van der Waals surface area contributed by atoms with Crippen molar-refractivity contribution in [1.82, 2.24) is 19.6 Å². The Morgan fingerprint density at radius 2 is 1.86 bits per heavy atom. The summed E-state index contributed by atoms with van der Waals surface area (Å²) >= 11 is 0. The summed E-state index contributed by atoms with van der Waals surface area (Å²) in [5.74, 6) is -0.983. The summed E-state index contributed by atoms with van der Waals surface area (Å²) in [5, 5.41) is 8.21. The number of benzene rings is 2. The SMILES string of the molecule is C[C@H](OC(=O)c1ccnn1-c1ccccc1)c1ccc(-n2cccn2)c(F)c1. The Kier molecular flexibility index (Phi) is 4.72. The van der Waals surface area contributed by atoms with Crippen LogP contribution in [0.3, 0.4) is 0 Å². The lowest BCUT2D eigenvalue weighted by molar-refractivity contribution is 0.0326. The van der Waals surface area contributed by atoms with Crippen LogP contribution in [-0.2, 0) is 4.74 Å². The highest BCUT2D eigenvalue weighted by atomic mass is 19.1. The normalized spacial score (nSPS) is 11.9. The Labute approximate surface area is 160 Å². The fraction of sp³-hybridized carbons (Fsp3) is 0.0952. The molecule has 0 N–H and O–H groups in total. The van der Waals surface area contributed by atoms with Gasteiger partial charge in [-0.2, -0.15) is 10.2 Å². The quantitative estimate of drug-likeness (QED) is 0.492. The van der Waals surface area contributed by atoms with E-state index in [1.165, 1.54) is 21.6 Å². The first-order chi connectivity index (χ1) is 13.6. The molecule has 0 fully saturated rings. The fourth-order valence-electron chi connectivity index (χ4n) is 2.89. The number of carbonyl (C=O) groups excluding carboxylic acids is 1. The first-order valence-electron chi connectivity index (χ1n) is 8.73. The Morgan fingerprint density at radius 1 is 1.04 bits per heavy atom. The molecule has 4 rings (SSSR count). The zero-order valence-corrected chi connectivity index (χ0v) is 15.1. The zero-order chi connectivity index (χ0) is 19.5. The van der Waals surface area contributed by atoms with Crippen LogP contribution in [0.25, 0.3) is 11.4 Å². The number of aromatic nitrogens is 4. The summed E-state index contributed by atoms with van der Waals surface area (Å²) < 4.78 is 22.9. The summed E-state index contributed by atoms with van der Waals surface area (Å²) in [6.07, 6.45) is 4.14. The van der Waals surface area contributed by atoms with Crippen LogP contribution in [0.4, 0.5) is 4.39 Å². The van der Waals surface area contributed by atoms with Crippen molar-refractivity contribution in [2.75, 3.05) is 0 Å². The molecule has 0 saturated heterocycles. The van der Waals surface area contributed by atoms with Gasteiger partial charge in [0.2, 0.25) is 0 Å². The second-order valence-corrected chi connectivity index (χ2v) is 6.17. The molecule has 0 amide bonds. The highest BCUT2D eigenvalue weighted by Crippen LogP contribution is 2.23. The standard InChI is InChI=1S/C21H17FN4O2/c1-15(16-8-9-19(18(22)14-16)25-13-5-11-23-25)28-21(27)20-10-12-24-26(20)17-6-3-2-4-7-17/h2-15H,1H3/t15-/m0/s1. The molecule has 0 spiro atoms. The van der Waals surface area contributed by atoms with E-state index in [9.17, 15) is 9.18 Å². The molecule has 140 valence electrons. The summed E-state index contributed by atoms with van der Waals surface area (Å²) in [6.45, 7) is 1.70. The number of esters is 1. The maximum Gasteiger partial charge on any atom is 0.357 e. The van der Waals surface area contributed by atoms with E-state index in [2.05, 4.69) is 10.2 Å². The number of para-hydroxylation sites is 1. The van der Waals surface area contributed by atoms with Gasteiger partial charge in [0, 0.05) is 12.4 Å². The minimum atomic E-state index is -0.632. The van der Waals surface area contributed by atoms with Gasteiger partial charge in [0.05, 0.1) is 11.9 Å². The first-order valence-corrected chi connectivity index (χ1v) is 8.73. The third-order valence-corrected chi connectivity index (χ3v) is 4.33. The lowest BCUT2D eigenvalue weighted by atomic mass is 10.1. The number of carbonyl (C=O) groups is 1. The van der Waals surface area contributed by atoms with Gasteiger partial charge in [-0.15, -0.1) is 0 Å². The van der Waals surface area contributed by atoms with Gasteiger partial charge in [-0.1, -0.05) is 24.3 Å². The van der Waals surface area contributed by atoms with E-state index in [4.69, 9.17) is 4.74 Å². The molecule has 0 aliphatic rings. The van der Waals surface area contributed by atoms with E-state index in [1.54, 1.807) is 43.6 Å². The highest BCUT2D eigenvalue weighted by molar-refractivity contribution is 5.88. The van der Waals surface area contributed by atoms with Crippen LogP contribution in [0.1, 0.15) is 29.1 Å². The Hall–Kier alpha value is -3.74. The van der Waals surface area contributed by atoms with Crippen molar-refractivity contribution in [3.05, 3.63) is 96.3 Å². The smallest absolute Gasteiger partial charge is 0.357 e. The van der Waals surface area contributed by atoms with Crippen molar-refractivity contribution in [3.63, 3.8) is 0 Å². The number of hydrogen-bond donors (Lipinski definition) is 0. The van der Waals surface area contributed by atoms with Crippen molar-refractivity contribution in [3.8, 4) is 11.4 Å².